The van der Waals surface area contributed by atoms with Crippen LogP contribution in [0, 0.1) is 13.8 Å². The highest BCUT2D eigenvalue weighted by Crippen LogP contribution is 2.49. The van der Waals surface area contributed by atoms with E-state index in [1.54, 1.807) is 0 Å². The molecule has 3 nitrogen and oxygen atoms in total. The SMILES string of the molecule is CCCCP(=O)(Oc1ccc(C)cc1)Oc1ccc(C)cc1. The van der Waals surface area contributed by atoms with Crippen LogP contribution in [0.15, 0.2) is 48.5 Å². The van der Waals surface area contributed by atoms with E-state index in [4.69, 9.17) is 9.05 Å². The lowest BCUT2D eigenvalue weighted by atomic mass is 10.2. The Labute approximate surface area is 132 Å². The molecule has 118 valence electrons. The van der Waals surface area contributed by atoms with Crippen molar-refractivity contribution in [3.05, 3.63) is 59.7 Å². The van der Waals surface area contributed by atoms with Crippen LogP contribution in [0.2, 0.25) is 0 Å². The molecular weight excluding hydrogens is 295 g/mol. The minimum Gasteiger partial charge on any atom is -0.416 e. The van der Waals surface area contributed by atoms with Gasteiger partial charge in [-0.05, 0) is 44.5 Å². The zero-order chi connectivity index (χ0) is 16.0. The van der Waals surface area contributed by atoms with Gasteiger partial charge in [0.05, 0.1) is 6.16 Å². The average Bonchev–Trinajstić information content (AvgIpc) is 2.50. The van der Waals surface area contributed by atoms with E-state index in [9.17, 15) is 4.57 Å². The summed E-state index contributed by atoms with van der Waals surface area (Å²) in [6, 6.07) is 15.0. The van der Waals surface area contributed by atoms with Crippen LogP contribution in [0.4, 0.5) is 0 Å². The maximum absolute atomic E-state index is 13.0. The van der Waals surface area contributed by atoms with Crippen molar-refractivity contribution in [3.63, 3.8) is 0 Å². The van der Waals surface area contributed by atoms with Gasteiger partial charge in [0.25, 0.3) is 0 Å². The van der Waals surface area contributed by atoms with Gasteiger partial charge < -0.3 is 9.05 Å². The van der Waals surface area contributed by atoms with Gasteiger partial charge in [-0.1, -0.05) is 48.7 Å². The van der Waals surface area contributed by atoms with Crippen LogP contribution in [0.5, 0.6) is 11.5 Å². The Hall–Kier alpha value is -1.73. The Morgan fingerprint density at radius 3 is 1.59 bits per heavy atom. The number of rotatable bonds is 7. The third kappa shape index (κ3) is 4.92. The molecule has 2 rings (SSSR count). The van der Waals surface area contributed by atoms with E-state index in [1.165, 1.54) is 0 Å². The number of hydrogen-bond donors (Lipinski definition) is 0. The highest BCUT2D eigenvalue weighted by atomic mass is 31.2. The van der Waals surface area contributed by atoms with Crippen LogP contribution in [0.3, 0.4) is 0 Å². The van der Waals surface area contributed by atoms with Gasteiger partial charge in [0.15, 0.2) is 0 Å². The molecule has 0 aliphatic carbocycles. The second-order valence-electron chi connectivity index (χ2n) is 5.50. The summed E-state index contributed by atoms with van der Waals surface area (Å²) in [7, 11) is -3.21. The first kappa shape index (κ1) is 16.6. The average molecular weight is 318 g/mol. The number of benzene rings is 2. The summed E-state index contributed by atoms with van der Waals surface area (Å²) in [5, 5.41) is 0. The topological polar surface area (TPSA) is 35.5 Å². The highest BCUT2D eigenvalue weighted by Gasteiger charge is 2.27. The monoisotopic (exact) mass is 318 g/mol. The summed E-state index contributed by atoms with van der Waals surface area (Å²) >= 11 is 0. The van der Waals surface area contributed by atoms with E-state index in [2.05, 4.69) is 6.92 Å². The fraction of sp³-hybridized carbons (Fsp3) is 0.333. The molecule has 0 aliphatic rings. The van der Waals surface area contributed by atoms with Gasteiger partial charge in [-0.3, -0.25) is 0 Å². The van der Waals surface area contributed by atoms with Gasteiger partial charge in [0, 0.05) is 0 Å². The van der Waals surface area contributed by atoms with Crippen LogP contribution >= 0.6 is 7.60 Å². The molecule has 0 fully saturated rings. The fourth-order valence-corrected chi connectivity index (χ4v) is 3.79. The lowest BCUT2D eigenvalue weighted by Crippen LogP contribution is -2.05. The van der Waals surface area contributed by atoms with Crippen LogP contribution in [-0.2, 0) is 4.57 Å². The van der Waals surface area contributed by atoms with Gasteiger partial charge in [0.1, 0.15) is 11.5 Å². The molecule has 0 spiro atoms. The summed E-state index contributed by atoms with van der Waals surface area (Å²) in [5.74, 6) is 1.16. The maximum atomic E-state index is 13.0. The van der Waals surface area contributed by atoms with E-state index in [0.717, 1.165) is 24.0 Å². The van der Waals surface area contributed by atoms with Crippen LogP contribution in [0.25, 0.3) is 0 Å². The maximum Gasteiger partial charge on any atom is 0.430 e. The highest BCUT2D eigenvalue weighted by molar-refractivity contribution is 7.54. The molecule has 0 radical (unpaired) electrons. The Balaban J connectivity index is 2.17. The predicted molar refractivity (Wildman–Crippen MR) is 91.0 cm³/mol. The van der Waals surface area contributed by atoms with Gasteiger partial charge in [0.2, 0.25) is 0 Å². The van der Waals surface area contributed by atoms with Crippen molar-refractivity contribution in [2.24, 2.45) is 0 Å². The summed E-state index contributed by atoms with van der Waals surface area (Å²) in [6.07, 6.45) is 2.15. The molecule has 0 heterocycles. The van der Waals surface area contributed by atoms with Crippen molar-refractivity contribution in [1.82, 2.24) is 0 Å². The zero-order valence-electron chi connectivity index (χ0n) is 13.4. The quantitative estimate of drug-likeness (QED) is 0.609. The van der Waals surface area contributed by atoms with Crippen molar-refractivity contribution in [3.8, 4) is 11.5 Å². The summed E-state index contributed by atoms with van der Waals surface area (Å²) in [6.45, 7) is 6.06. The molecule has 2 aromatic carbocycles. The molecule has 0 saturated heterocycles. The third-order valence-electron chi connectivity index (χ3n) is 3.32. The third-order valence-corrected chi connectivity index (χ3v) is 5.16. The van der Waals surface area contributed by atoms with Gasteiger partial charge in [-0.2, -0.15) is 0 Å². The van der Waals surface area contributed by atoms with Crippen LogP contribution in [0.1, 0.15) is 30.9 Å². The number of unbranched alkanes of at least 4 members (excludes halogenated alkanes) is 1. The molecule has 0 N–H and O–H groups in total. The molecule has 2 aromatic rings. The minimum absolute atomic E-state index is 0.408. The predicted octanol–water partition coefficient (Wildman–Crippen LogP) is 5.75. The lowest BCUT2D eigenvalue weighted by molar-refractivity contribution is 0.384. The van der Waals surface area contributed by atoms with E-state index >= 15 is 0 Å². The Morgan fingerprint density at radius 1 is 0.818 bits per heavy atom. The summed E-state index contributed by atoms with van der Waals surface area (Å²) < 4.78 is 24.5. The second kappa shape index (κ2) is 7.51. The standard InChI is InChI=1S/C18H23O3P/c1-4-5-14-22(19,20-17-10-6-15(2)7-11-17)21-18-12-8-16(3)9-13-18/h6-13H,4-5,14H2,1-3H3. The van der Waals surface area contributed by atoms with Crippen molar-refractivity contribution in [2.75, 3.05) is 6.16 Å². The minimum atomic E-state index is -3.21. The van der Waals surface area contributed by atoms with Crippen LogP contribution in [-0.4, -0.2) is 6.16 Å². The molecule has 0 aliphatic heterocycles. The molecule has 0 bridgehead atoms. The molecule has 0 saturated carbocycles. The molecule has 0 amide bonds. The second-order valence-corrected chi connectivity index (χ2v) is 7.53. The Morgan fingerprint density at radius 2 is 1.23 bits per heavy atom. The first-order valence-corrected chi connectivity index (χ1v) is 9.35. The zero-order valence-corrected chi connectivity index (χ0v) is 14.3. The van der Waals surface area contributed by atoms with Crippen molar-refractivity contribution >= 4 is 7.60 Å². The lowest BCUT2D eigenvalue weighted by Gasteiger charge is -2.20. The van der Waals surface area contributed by atoms with E-state index in [1.807, 2.05) is 62.4 Å². The van der Waals surface area contributed by atoms with Crippen LogP contribution < -0.4 is 9.05 Å². The molecule has 4 heteroatoms. The molecule has 0 aromatic heterocycles. The number of aryl methyl sites for hydroxylation is 2. The fourth-order valence-electron chi connectivity index (χ4n) is 1.98. The van der Waals surface area contributed by atoms with Gasteiger partial charge >= 0.3 is 7.60 Å². The summed E-state index contributed by atoms with van der Waals surface area (Å²) in [4.78, 5) is 0. The van der Waals surface area contributed by atoms with Gasteiger partial charge in [-0.15, -0.1) is 0 Å². The molecule has 0 atom stereocenters. The Bertz CT molecular complexity index is 581. The molecule has 0 unspecified atom stereocenters. The summed E-state index contributed by atoms with van der Waals surface area (Å²) in [5.41, 5.74) is 2.27. The molecule has 22 heavy (non-hydrogen) atoms. The normalized spacial score (nSPS) is 11.2. The van der Waals surface area contributed by atoms with E-state index < -0.39 is 7.60 Å². The first-order chi connectivity index (χ1) is 10.5. The van der Waals surface area contributed by atoms with E-state index in [0.29, 0.717) is 17.7 Å². The largest absolute Gasteiger partial charge is 0.430 e. The smallest absolute Gasteiger partial charge is 0.416 e. The Kier molecular flexibility index (Phi) is 5.68. The van der Waals surface area contributed by atoms with Crippen molar-refractivity contribution < 1.29 is 13.6 Å². The number of hydrogen-bond acceptors (Lipinski definition) is 3. The van der Waals surface area contributed by atoms with Crippen molar-refractivity contribution in [2.45, 2.75) is 33.6 Å². The van der Waals surface area contributed by atoms with E-state index in [-0.39, 0.29) is 0 Å². The first-order valence-electron chi connectivity index (χ1n) is 7.62. The van der Waals surface area contributed by atoms with Gasteiger partial charge in [-0.25, -0.2) is 4.57 Å². The molecular formula is C18H23O3P. The van der Waals surface area contributed by atoms with Crippen molar-refractivity contribution in [1.29, 1.82) is 0 Å².